The number of anilines is 1. The van der Waals surface area contributed by atoms with Crippen LogP contribution in [0.15, 0.2) is 41.3 Å². The number of carboxylic acid groups (broad SMARTS) is 1. The molecule has 0 aliphatic carbocycles. The lowest BCUT2D eigenvalue weighted by Crippen LogP contribution is -2.12. The number of carbonyl (C=O) groups excluding carboxylic acids is 1. The van der Waals surface area contributed by atoms with E-state index in [0.717, 1.165) is 16.2 Å². The summed E-state index contributed by atoms with van der Waals surface area (Å²) in [5.74, 6) is -0.920. The molecule has 1 aromatic heterocycles. The van der Waals surface area contributed by atoms with Crippen molar-refractivity contribution >= 4 is 51.6 Å². The van der Waals surface area contributed by atoms with Gasteiger partial charge in [0.05, 0.1) is 10.8 Å². The van der Waals surface area contributed by atoms with Gasteiger partial charge in [0.25, 0.3) is 0 Å². The van der Waals surface area contributed by atoms with Crippen molar-refractivity contribution in [2.24, 2.45) is 0 Å². The van der Waals surface area contributed by atoms with Gasteiger partial charge in [0.1, 0.15) is 4.88 Å². The molecular formula is C13H10ClNO3S2. The number of thioether (sulfide) groups is 1. The van der Waals surface area contributed by atoms with E-state index in [2.05, 4.69) is 5.32 Å². The normalized spacial score (nSPS) is 10.2. The summed E-state index contributed by atoms with van der Waals surface area (Å²) >= 11 is 8.20. The molecule has 0 radical (unpaired) electrons. The standard InChI is InChI=1S/C13H10ClNO3S2/c14-8-1-3-9(4-2-8)19-7-11(16)15-12-6-5-10(20-12)13(17)18/h1-6H,7H2,(H,15,16)(H,17,18). The van der Waals surface area contributed by atoms with Gasteiger partial charge in [-0.05, 0) is 36.4 Å². The number of hydrogen-bond acceptors (Lipinski definition) is 4. The van der Waals surface area contributed by atoms with Crippen molar-refractivity contribution in [3.63, 3.8) is 0 Å². The van der Waals surface area contributed by atoms with Crippen molar-refractivity contribution in [1.29, 1.82) is 0 Å². The minimum Gasteiger partial charge on any atom is -0.477 e. The maximum absolute atomic E-state index is 11.7. The fourth-order valence-electron chi connectivity index (χ4n) is 1.37. The summed E-state index contributed by atoms with van der Waals surface area (Å²) in [5.41, 5.74) is 0. The van der Waals surface area contributed by atoms with Gasteiger partial charge in [-0.25, -0.2) is 4.79 Å². The fraction of sp³-hybridized carbons (Fsp3) is 0.0769. The van der Waals surface area contributed by atoms with E-state index in [0.29, 0.717) is 10.0 Å². The molecule has 104 valence electrons. The zero-order valence-electron chi connectivity index (χ0n) is 10.1. The SMILES string of the molecule is O=C(CSc1ccc(Cl)cc1)Nc1ccc(C(=O)O)s1. The van der Waals surface area contributed by atoms with Gasteiger partial charge in [0.2, 0.25) is 5.91 Å². The number of thiophene rings is 1. The molecule has 20 heavy (non-hydrogen) atoms. The Morgan fingerprint density at radius 2 is 1.90 bits per heavy atom. The van der Waals surface area contributed by atoms with Gasteiger partial charge >= 0.3 is 5.97 Å². The molecule has 0 fully saturated rings. The minimum atomic E-state index is -0.994. The van der Waals surface area contributed by atoms with Crippen LogP contribution in [0.4, 0.5) is 5.00 Å². The minimum absolute atomic E-state index is 0.177. The highest BCUT2D eigenvalue weighted by atomic mass is 35.5. The smallest absolute Gasteiger partial charge is 0.345 e. The number of amides is 1. The zero-order chi connectivity index (χ0) is 14.5. The fourth-order valence-corrected chi connectivity index (χ4v) is 2.96. The van der Waals surface area contributed by atoms with Crippen molar-refractivity contribution in [3.8, 4) is 0 Å². The summed E-state index contributed by atoms with van der Waals surface area (Å²) in [6.07, 6.45) is 0. The summed E-state index contributed by atoms with van der Waals surface area (Å²) in [7, 11) is 0. The Bertz CT molecular complexity index is 625. The average Bonchev–Trinajstić information content (AvgIpc) is 2.87. The summed E-state index contributed by atoms with van der Waals surface area (Å²) in [5, 5.41) is 12.6. The number of aromatic carboxylic acids is 1. The predicted molar refractivity (Wildman–Crippen MR) is 82.1 cm³/mol. The van der Waals surface area contributed by atoms with Crippen LogP contribution in [-0.4, -0.2) is 22.7 Å². The van der Waals surface area contributed by atoms with Gasteiger partial charge < -0.3 is 10.4 Å². The molecule has 0 saturated heterocycles. The second-order valence-electron chi connectivity index (χ2n) is 3.76. The topological polar surface area (TPSA) is 66.4 Å². The number of carbonyl (C=O) groups is 2. The van der Waals surface area contributed by atoms with E-state index in [9.17, 15) is 9.59 Å². The maximum atomic E-state index is 11.7. The van der Waals surface area contributed by atoms with E-state index in [1.807, 2.05) is 12.1 Å². The Hall–Kier alpha value is -1.50. The molecular weight excluding hydrogens is 318 g/mol. The molecule has 2 aromatic rings. The first-order valence-electron chi connectivity index (χ1n) is 5.56. The van der Waals surface area contributed by atoms with Crippen LogP contribution in [0.2, 0.25) is 5.02 Å². The lowest BCUT2D eigenvalue weighted by atomic mass is 10.4. The number of halogens is 1. The lowest BCUT2D eigenvalue weighted by molar-refractivity contribution is -0.113. The summed E-state index contributed by atoms with van der Waals surface area (Å²) < 4.78 is 0. The van der Waals surface area contributed by atoms with Crippen molar-refractivity contribution in [2.75, 3.05) is 11.1 Å². The van der Waals surface area contributed by atoms with Crippen LogP contribution in [0.1, 0.15) is 9.67 Å². The molecule has 4 nitrogen and oxygen atoms in total. The van der Waals surface area contributed by atoms with Crippen molar-refractivity contribution in [1.82, 2.24) is 0 Å². The monoisotopic (exact) mass is 327 g/mol. The molecule has 0 spiro atoms. The second-order valence-corrected chi connectivity index (χ2v) is 6.33. The largest absolute Gasteiger partial charge is 0.477 e. The van der Waals surface area contributed by atoms with Crippen LogP contribution >= 0.6 is 34.7 Å². The van der Waals surface area contributed by atoms with Crippen LogP contribution in [-0.2, 0) is 4.79 Å². The highest BCUT2D eigenvalue weighted by Gasteiger charge is 2.09. The molecule has 0 aliphatic rings. The number of hydrogen-bond donors (Lipinski definition) is 2. The Morgan fingerprint density at radius 1 is 1.20 bits per heavy atom. The third-order valence-corrected chi connectivity index (χ3v) is 4.52. The Labute approximate surface area is 128 Å². The van der Waals surface area contributed by atoms with Crippen molar-refractivity contribution in [3.05, 3.63) is 46.3 Å². The van der Waals surface area contributed by atoms with Crippen LogP contribution in [0.25, 0.3) is 0 Å². The summed E-state index contributed by atoms with van der Waals surface area (Å²) in [4.78, 5) is 23.6. The highest BCUT2D eigenvalue weighted by Crippen LogP contribution is 2.23. The molecule has 7 heteroatoms. The molecule has 1 amide bonds. The van der Waals surface area contributed by atoms with E-state index >= 15 is 0 Å². The van der Waals surface area contributed by atoms with E-state index in [1.54, 1.807) is 18.2 Å². The number of rotatable bonds is 5. The molecule has 1 aromatic carbocycles. The third kappa shape index (κ3) is 4.26. The van der Waals surface area contributed by atoms with Crippen LogP contribution in [0.3, 0.4) is 0 Å². The van der Waals surface area contributed by atoms with Gasteiger partial charge in [-0.1, -0.05) is 11.6 Å². The van der Waals surface area contributed by atoms with E-state index in [4.69, 9.17) is 16.7 Å². The molecule has 2 rings (SSSR count). The summed E-state index contributed by atoms with van der Waals surface area (Å²) in [6.45, 7) is 0. The predicted octanol–water partition coefficient (Wildman–Crippen LogP) is 3.83. The molecule has 0 aliphatic heterocycles. The summed E-state index contributed by atoms with van der Waals surface area (Å²) in [6, 6.07) is 10.3. The van der Waals surface area contributed by atoms with E-state index in [1.165, 1.54) is 17.8 Å². The van der Waals surface area contributed by atoms with Crippen molar-refractivity contribution in [2.45, 2.75) is 4.90 Å². The Kier molecular flexibility index (Phi) is 5.05. The van der Waals surface area contributed by atoms with Crippen LogP contribution < -0.4 is 5.32 Å². The van der Waals surface area contributed by atoms with Crippen LogP contribution in [0, 0.1) is 0 Å². The Balaban J connectivity index is 1.85. The molecule has 0 saturated carbocycles. The molecule has 2 N–H and O–H groups in total. The van der Waals surface area contributed by atoms with Gasteiger partial charge in [0, 0.05) is 9.92 Å². The third-order valence-electron chi connectivity index (χ3n) is 2.26. The average molecular weight is 328 g/mol. The molecule has 0 bridgehead atoms. The first-order chi connectivity index (χ1) is 9.54. The Morgan fingerprint density at radius 3 is 2.50 bits per heavy atom. The highest BCUT2D eigenvalue weighted by molar-refractivity contribution is 8.00. The van der Waals surface area contributed by atoms with E-state index < -0.39 is 5.97 Å². The maximum Gasteiger partial charge on any atom is 0.345 e. The van der Waals surface area contributed by atoms with E-state index in [-0.39, 0.29) is 16.5 Å². The molecule has 0 atom stereocenters. The van der Waals surface area contributed by atoms with Gasteiger partial charge in [-0.15, -0.1) is 23.1 Å². The number of nitrogens with one attached hydrogen (secondary N) is 1. The first kappa shape index (κ1) is 14.9. The molecule has 1 heterocycles. The first-order valence-corrected chi connectivity index (χ1v) is 7.74. The van der Waals surface area contributed by atoms with Gasteiger partial charge in [-0.3, -0.25) is 4.79 Å². The van der Waals surface area contributed by atoms with Crippen LogP contribution in [0.5, 0.6) is 0 Å². The van der Waals surface area contributed by atoms with Gasteiger partial charge in [-0.2, -0.15) is 0 Å². The second kappa shape index (κ2) is 6.78. The number of carboxylic acids is 1. The lowest BCUT2D eigenvalue weighted by Gasteiger charge is -2.02. The number of benzene rings is 1. The zero-order valence-corrected chi connectivity index (χ0v) is 12.5. The van der Waals surface area contributed by atoms with Crippen molar-refractivity contribution < 1.29 is 14.7 Å². The van der Waals surface area contributed by atoms with Gasteiger partial charge in [0.15, 0.2) is 0 Å². The quantitative estimate of drug-likeness (QED) is 0.819. The molecule has 0 unspecified atom stereocenters.